The average molecular weight is 376 g/mol. The van der Waals surface area contributed by atoms with Crippen LogP contribution >= 0.6 is 0 Å². The summed E-state index contributed by atoms with van der Waals surface area (Å²) >= 11 is 0. The number of aliphatic hydroxyl groups is 2. The Hall–Kier alpha value is -1.98. The van der Waals surface area contributed by atoms with Crippen molar-refractivity contribution in [3.63, 3.8) is 0 Å². The monoisotopic (exact) mass is 376 g/mol. The van der Waals surface area contributed by atoms with Crippen LogP contribution in [0.15, 0.2) is 48.6 Å². The quantitative estimate of drug-likeness (QED) is 0.453. The molecule has 5 heteroatoms. The Morgan fingerprint density at radius 3 is 2.63 bits per heavy atom. The molecule has 0 radical (unpaired) electrons. The third-order valence-electron chi connectivity index (χ3n) is 4.60. The van der Waals surface area contributed by atoms with E-state index in [0.29, 0.717) is 25.7 Å². The summed E-state index contributed by atoms with van der Waals surface area (Å²) in [6, 6.07) is 0. The van der Waals surface area contributed by atoms with E-state index in [1.54, 1.807) is 12.2 Å². The first-order valence-corrected chi connectivity index (χ1v) is 9.69. The van der Waals surface area contributed by atoms with Gasteiger partial charge in [0.2, 0.25) is 0 Å². The first-order valence-electron chi connectivity index (χ1n) is 9.69. The summed E-state index contributed by atoms with van der Waals surface area (Å²) in [4.78, 5) is 22.5. The molecule has 0 aliphatic heterocycles. The number of carbonyl (C=O) groups excluding carboxylic acids is 1. The van der Waals surface area contributed by atoms with Crippen molar-refractivity contribution in [2.75, 3.05) is 0 Å². The predicted octanol–water partition coefficient (Wildman–Crippen LogP) is 3.58. The summed E-state index contributed by atoms with van der Waals surface area (Å²) in [5.41, 5.74) is 0. The second kappa shape index (κ2) is 13.2. The van der Waals surface area contributed by atoms with Crippen LogP contribution in [0.3, 0.4) is 0 Å². The Labute approximate surface area is 161 Å². The minimum absolute atomic E-state index is 0.0305. The lowest BCUT2D eigenvalue weighted by molar-refractivity contribution is -0.136. The lowest BCUT2D eigenvalue weighted by Gasteiger charge is -2.16. The molecule has 0 unspecified atom stereocenters. The molecule has 5 nitrogen and oxygen atoms in total. The number of hydrogen-bond acceptors (Lipinski definition) is 4. The summed E-state index contributed by atoms with van der Waals surface area (Å²) in [6.07, 6.45) is 17.2. The minimum Gasteiger partial charge on any atom is -0.481 e. The molecule has 0 saturated heterocycles. The molecule has 4 atom stereocenters. The smallest absolute Gasteiger partial charge is 0.303 e. The fourth-order valence-electron chi connectivity index (χ4n) is 3.10. The maximum Gasteiger partial charge on any atom is 0.303 e. The number of allylic oxidation sites excluding steroid dienone is 6. The van der Waals surface area contributed by atoms with Crippen molar-refractivity contribution in [1.29, 1.82) is 0 Å². The van der Waals surface area contributed by atoms with E-state index >= 15 is 0 Å². The highest BCUT2D eigenvalue weighted by Crippen LogP contribution is 2.33. The van der Waals surface area contributed by atoms with E-state index in [1.807, 2.05) is 43.4 Å². The van der Waals surface area contributed by atoms with Crippen LogP contribution in [0.5, 0.6) is 0 Å². The van der Waals surface area contributed by atoms with Crippen molar-refractivity contribution < 1.29 is 24.9 Å². The number of carboxylic acids is 1. The zero-order chi connectivity index (χ0) is 20.1. The van der Waals surface area contributed by atoms with Gasteiger partial charge in [0.05, 0.1) is 12.2 Å². The zero-order valence-corrected chi connectivity index (χ0v) is 16.0. The van der Waals surface area contributed by atoms with E-state index in [1.165, 1.54) is 0 Å². The molecule has 1 aliphatic rings. The van der Waals surface area contributed by atoms with Gasteiger partial charge in [-0.25, -0.2) is 0 Å². The van der Waals surface area contributed by atoms with Crippen LogP contribution in [0.4, 0.5) is 0 Å². The number of carbonyl (C=O) groups is 2. The zero-order valence-electron chi connectivity index (χ0n) is 16.0. The van der Waals surface area contributed by atoms with E-state index in [4.69, 9.17) is 5.11 Å². The first kappa shape index (κ1) is 23.1. The highest BCUT2D eigenvalue weighted by Gasteiger charge is 2.39. The molecule has 0 spiro atoms. The fourth-order valence-corrected chi connectivity index (χ4v) is 3.10. The topological polar surface area (TPSA) is 94.8 Å². The largest absolute Gasteiger partial charge is 0.481 e. The van der Waals surface area contributed by atoms with Gasteiger partial charge in [-0.3, -0.25) is 9.59 Å². The summed E-state index contributed by atoms with van der Waals surface area (Å²) in [7, 11) is 0. The lowest BCUT2D eigenvalue weighted by Crippen LogP contribution is -2.19. The van der Waals surface area contributed by atoms with Crippen molar-refractivity contribution in [2.24, 2.45) is 11.8 Å². The van der Waals surface area contributed by atoms with Gasteiger partial charge < -0.3 is 15.3 Å². The van der Waals surface area contributed by atoms with Crippen molar-refractivity contribution >= 4 is 11.8 Å². The lowest BCUT2D eigenvalue weighted by atomic mass is 9.90. The molecule has 1 saturated carbocycles. The van der Waals surface area contributed by atoms with Gasteiger partial charge in [-0.15, -0.1) is 0 Å². The van der Waals surface area contributed by atoms with Crippen LogP contribution in [0, 0.1) is 11.8 Å². The van der Waals surface area contributed by atoms with Gasteiger partial charge in [0.15, 0.2) is 0 Å². The van der Waals surface area contributed by atoms with Gasteiger partial charge in [0.25, 0.3) is 0 Å². The molecule has 27 heavy (non-hydrogen) atoms. The molecule has 0 aromatic carbocycles. The molecule has 1 aliphatic carbocycles. The van der Waals surface area contributed by atoms with Crippen molar-refractivity contribution in [3.8, 4) is 0 Å². The van der Waals surface area contributed by atoms with Crippen LogP contribution in [-0.2, 0) is 9.59 Å². The Balaban J connectivity index is 2.40. The summed E-state index contributed by atoms with van der Waals surface area (Å²) < 4.78 is 0. The van der Waals surface area contributed by atoms with Crippen molar-refractivity contribution in [3.05, 3.63) is 48.6 Å². The van der Waals surface area contributed by atoms with Crippen LogP contribution in [0.2, 0.25) is 0 Å². The van der Waals surface area contributed by atoms with Crippen LogP contribution in [0.1, 0.15) is 51.9 Å². The number of ketones is 1. The molecule has 0 amide bonds. The predicted molar refractivity (Wildman–Crippen MR) is 106 cm³/mol. The Morgan fingerprint density at radius 1 is 1.19 bits per heavy atom. The first-order chi connectivity index (χ1) is 13.0. The van der Waals surface area contributed by atoms with E-state index < -0.39 is 18.2 Å². The fraction of sp³-hybridized carbons (Fsp3) is 0.545. The van der Waals surface area contributed by atoms with Gasteiger partial charge in [-0.1, -0.05) is 55.5 Å². The number of aliphatic carboxylic acids is 1. The van der Waals surface area contributed by atoms with Crippen LogP contribution in [0.25, 0.3) is 0 Å². The highest BCUT2D eigenvalue weighted by atomic mass is 16.4. The molecular formula is C22H32O5. The number of Topliss-reactive ketones (excluding diaryl/α,β-unsaturated/α-hetero) is 1. The van der Waals surface area contributed by atoms with Crippen molar-refractivity contribution in [2.45, 2.75) is 64.1 Å². The molecule has 150 valence electrons. The second-order valence-corrected chi connectivity index (χ2v) is 6.84. The van der Waals surface area contributed by atoms with Crippen molar-refractivity contribution in [1.82, 2.24) is 0 Å². The molecule has 0 aromatic rings. The average Bonchev–Trinajstić information content (AvgIpc) is 2.88. The van der Waals surface area contributed by atoms with E-state index in [-0.39, 0.29) is 30.5 Å². The number of aliphatic hydroxyl groups excluding tert-OH is 2. The number of rotatable bonds is 12. The molecule has 3 N–H and O–H groups in total. The van der Waals surface area contributed by atoms with E-state index in [0.717, 1.165) is 6.42 Å². The summed E-state index contributed by atoms with van der Waals surface area (Å²) in [5.74, 6) is -1.22. The maximum absolute atomic E-state index is 12.1. The van der Waals surface area contributed by atoms with Crippen LogP contribution < -0.4 is 0 Å². The molecular weight excluding hydrogens is 344 g/mol. The maximum atomic E-state index is 12.1. The molecule has 0 bridgehead atoms. The second-order valence-electron chi connectivity index (χ2n) is 6.84. The normalized spacial score (nSPS) is 24.9. The number of hydrogen-bond donors (Lipinski definition) is 3. The third kappa shape index (κ3) is 9.50. The van der Waals surface area contributed by atoms with E-state index in [2.05, 4.69) is 0 Å². The molecule has 0 aromatic heterocycles. The number of carboxylic acid groups (broad SMARTS) is 1. The Kier molecular flexibility index (Phi) is 11.3. The van der Waals surface area contributed by atoms with Gasteiger partial charge in [-0.05, 0) is 32.1 Å². The van der Waals surface area contributed by atoms with E-state index in [9.17, 15) is 19.8 Å². The molecule has 1 rings (SSSR count). The molecule has 1 fully saturated rings. The summed E-state index contributed by atoms with van der Waals surface area (Å²) in [6.45, 7) is 2.04. The van der Waals surface area contributed by atoms with Gasteiger partial charge in [-0.2, -0.15) is 0 Å². The van der Waals surface area contributed by atoms with Crippen LogP contribution in [-0.4, -0.2) is 39.3 Å². The SMILES string of the molecule is CC/C=C\C[C@@H]1[C@H](/C=C/[C@H](O)C/C=C\C/C=C\CCC(=O)O)C(=O)C[C@@H]1O. The van der Waals surface area contributed by atoms with Gasteiger partial charge in [0.1, 0.15) is 5.78 Å². The van der Waals surface area contributed by atoms with Gasteiger partial charge in [0, 0.05) is 24.7 Å². The summed E-state index contributed by atoms with van der Waals surface area (Å²) in [5, 5.41) is 28.7. The molecule has 0 heterocycles. The standard InChI is InChI=1S/C22H32O5/c1-2-3-8-12-18-19(21(25)16-20(18)24)15-14-17(23)11-9-6-4-5-7-10-13-22(26)27/h3,5-9,14-15,17-20,23-24H,2,4,10-13,16H2,1H3,(H,26,27)/b7-5-,8-3-,9-6-,15-14+/t17-,18-,19+,20+/m1/s1. The highest BCUT2D eigenvalue weighted by molar-refractivity contribution is 5.86. The Morgan fingerprint density at radius 2 is 1.93 bits per heavy atom. The Bertz CT molecular complexity index is 573. The minimum atomic E-state index is -0.804. The van der Waals surface area contributed by atoms with Gasteiger partial charge >= 0.3 is 5.97 Å². The third-order valence-corrected chi connectivity index (χ3v) is 4.60.